The Morgan fingerprint density at radius 1 is 0.384 bits per heavy atom. The largest absolute Gasteiger partial charge is 0.478 e. The second-order valence-electron chi connectivity index (χ2n) is 22.5. The first-order chi connectivity index (χ1) is 46.9. The number of thioether (sulfide) groups is 3. The van der Waals surface area contributed by atoms with Gasteiger partial charge < -0.3 is 30.0 Å². The first-order valence-electron chi connectivity index (χ1n) is 29.7. The molecule has 9 aromatic rings. The zero-order valence-corrected chi connectivity index (χ0v) is 54.1. The topological polar surface area (TPSA) is 173 Å². The summed E-state index contributed by atoms with van der Waals surface area (Å²) in [7, 11) is 0. The van der Waals surface area contributed by atoms with Crippen LogP contribution in [0.25, 0.3) is 0 Å². The molecule has 3 aliphatic rings. The Hall–Kier alpha value is -9.63. The highest BCUT2D eigenvalue weighted by Gasteiger charge is 2.42. The van der Waals surface area contributed by atoms with Crippen molar-refractivity contribution >= 4 is 99.6 Å². The van der Waals surface area contributed by atoms with Crippen LogP contribution in [0.4, 0.5) is 65.4 Å². The Balaban J connectivity index is 0.000000161. The van der Waals surface area contributed by atoms with Crippen LogP contribution in [0.15, 0.2) is 215 Å². The molecule has 12 nitrogen and oxygen atoms in total. The quantitative estimate of drug-likeness (QED) is 0.0831. The van der Waals surface area contributed by atoms with Gasteiger partial charge in [0.05, 0.1) is 95.7 Å². The fourth-order valence-electron chi connectivity index (χ4n) is 11.1. The van der Waals surface area contributed by atoms with Gasteiger partial charge in [-0.1, -0.05) is 103 Å². The normalized spacial score (nSPS) is 15.9. The highest BCUT2D eigenvalue weighted by molar-refractivity contribution is 8.01. The number of fused-ring (bicyclic) bond motifs is 3. The van der Waals surface area contributed by atoms with Crippen molar-refractivity contribution in [2.75, 3.05) is 14.7 Å². The van der Waals surface area contributed by atoms with Gasteiger partial charge in [0, 0.05) is 9.79 Å². The minimum atomic E-state index is -4.69. The number of carbonyl (C=O) groups is 6. The van der Waals surface area contributed by atoms with Gasteiger partial charge in [-0.05, 0) is 162 Å². The monoisotopic (exact) mass is 1440 g/mol. The predicted octanol–water partition coefficient (Wildman–Crippen LogP) is 17.9. The van der Waals surface area contributed by atoms with E-state index in [2.05, 4.69) is 0 Å². The smallest absolute Gasteiger partial charge is 0.416 e. The molecule has 3 unspecified atom stereocenters. The van der Waals surface area contributed by atoms with E-state index >= 15 is 0 Å². The summed E-state index contributed by atoms with van der Waals surface area (Å²) < 4.78 is 149. The van der Waals surface area contributed by atoms with Gasteiger partial charge in [-0.2, -0.15) is 39.5 Å². The molecule has 0 bridgehead atoms. The molecular formula is C72H51ClF11N3O9S3. The fourth-order valence-corrected chi connectivity index (χ4v) is 15.2. The number of amides is 3. The van der Waals surface area contributed by atoms with Crippen LogP contribution in [0, 0.1) is 11.6 Å². The van der Waals surface area contributed by atoms with E-state index in [1.165, 1.54) is 129 Å². The van der Waals surface area contributed by atoms with Gasteiger partial charge in [0.25, 0.3) is 0 Å². The number of rotatable bonds is 15. The molecule has 3 aliphatic heterocycles. The zero-order chi connectivity index (χ0) is 71.3. The van der Waals surface area contributed by atoms with Crippen LogP contribution in [-0.2, 0) is 71.8 Å². The van der Waals surface area contributed by atoms with E-state index in [1.807, 2.05) is 0 Å². The van der Waals surface area contributed by atoms with Crippen molar-refractivity contribution in [2.24, 2.45) is 0 Å². The van der Waals surface area contributed by atoms with Crippen molar-refractivity contribution in [2.45, 2.75) is 87.9 Å². The number of aromatic carboxylic acids is 3. The van der Waals surface area contributed by atoms with Crippen LogP contribution in [0.3, 0.4) is 0 Å². The molecule has 0 saturated carbocycles. The number of anilines is 3. The van der Waals surface area contributed by atoms with Crippen molar-refractivity contribution in [1.82, 2.24) is 0 Å². The lowest BCUT2D eigenvalue weighted by atomic mass is 10.0. The van der Waals surface area contributed by atoms with Crippen molar-refractivity contribution in [3.8, 4) is 0 Å². The Labute approximate surface area is 575 Å². The van der Waals surface area contributed by atoms with Gasteiger partial charge >= 0.3 is 36.4 Å². The highest BCUT2D eigenvalue weighted by Crippen LogP contribution is 2.48. The first-order valence-corrected chi connectivity index (χ1v) is 32.7. The van der Waals surface area contributed by atoms with E-state index < -0.39 is 98.9 Å². The summed E-state index contributed by atoms with van der Waals surface area (Å²) in [5.41, 5.74) is 0.709. The average Bonchev–Trinajstić information content (AvgIpc) is 0.783. The SMILES string of the molecule is O=C(O)c1ccc(CC2Sc3c(Cl)cccc3N(Cc3ccccc3C(F)(F)F)C2=O)cc1.O=C(O)c1ccc(CC2Sc3cc(F)ccc3N(Cc3ccccc3C(F)(F)F)C2=O)cc1.O=C(O)c1ccc(CC2Sc3ccccc3N(Cc3cc(F)ccc3C(F)(F)F)C2=O)cc1. The van der Waals surface area contributed by atoms with Crippen molar-refractivity contribution < 1.29 is 92.4 Å². The van der Waals surface area contributed by atoms with E-state index in [4.69, 9.17) is 26.9 Å². The third kappa shape index (κ3) is 17.3. The Morgan fingerprint density at radius 3 is 1.19 bits per heavy atom. The molecule has 12 rings (SSSR count). The van der Waals surface area contributed by atoms with Crippen molar-refractivity contribution in [3.05, 3.63) is 284 Å². The number of benzene rings is 9. The molecule has 27 heteroatoms. The number of para-hydroxylation sites is 1. The molecule has 0 radical (unpaired) electrons. The van der Waals surface area contributed by atoms with Crippen LogP contribution in [0.1, 0.15) is 81.1 Å². The summed E-state index contributed by atoms with van der Waals surface area (Å²) in [4.78, 5) is 79.0. The number of hydrogen-bond acceptors (Lipinski definition) is 9. The molecule has 3 amide bonds. The fraction of sp³-hybridized carbons (Fsp3) is 0.167. The van der Waals surface area contributed by atoms with Gasteiger partial charge in [-0.3, -0.25) is 14.4 Å². The van der Waals surface area contributed by atoms with Gasteiger partial charge in [-0.25, -0.2) is 23.2 Å². The Bertz CT molecular complexity index is 4540. The highest BCUT2D eigenvalue weighted by atomic mass is 35.5. The van der Waals surface area contributed by atoms with E-state index in [0.717, 1.165) is 41.6 Å². The van der Waals surface area contributed by atoms with Crippen LogP contribution in [-0.4, -0.2) is 66.7 Å². The molecule has 0 spiro atoms. The van der Waals surface area contributed by atoms with Gasteiger partial charge in [0.2, 0.25) is 17.7 Å². The molecule has 3 heterocycles. The number of nitrogens with zero attached hydrogens (tertiary/aromatic N) is 3. The predicted molar refractivity (Wildman–Crippen MR) is 352 cm³/mol. The lowest BCUT2D eigenvalue weighted by Gasteiger charge is -2.35. The molecular weight excluding hydrogens is 1390 g/mol. The molecule has 0 saturated heterocycles. The Morgan fingerprint density at radius 2 is 0.737 bits per heavy atom. The van der Waals surface area contributed by atoms with E-state index in [1.54, 1.807) is 78.9 Å². The first kappa shape index (κ1) is 72.1. The zero-order valence-electron chi connectivity index (χ0n) is 50.9. The second-order valence-corrected chi connectivity index (χ2v) is 26.6. The van der Waals surface area contributed by atoms with Crippen LogP contribution in [0.5, 0.6) is 0 Å². The average molecular weight is 1440 g/mol. The number of carboxylic acid groups (broad SMARTS) is 3. The van der Waals surface area contributed by atoms with Gasteiger partial charge in [0.1, 0.15) is 11.6 Å². The molecule has 510 valence electrons. The maximum Gasteiger partial charge on any atom is 0.416 e. The number of carboxylic acids is 3. The number of alkyl halides is 9. The van der Waals surface area contributed by atoms with Crippen LogP contribution < -0.4 is 14.7 Å². The minimum Gasteiger partial charge on any atom is -0.478 e. The number of hydrogen-bond donors (Lipinski definition) is 3. The maximum absolute atomic E-state index is 13.9. The summed E-state index contributed by atoms with van der Waals surface area (Å²) in [6.07, 6.45) is -13.1. The van der Waals surface area contributed by atoms with E-state index in [0.29, 0.717) is 54.0 Å². The third-order valence-corrected chi connectivity index (χ3v) is 20.1. The number of carbonyl (C=O) groups excluding carboxylic acids is 3. The van der Waals surface area contributed by atoms with E-state index in [-0.39, 0.29) is 71.6 Å². The van der Waals surface area contributed by atoms with E-state index in [9.17, 15) is 77.1 Å². The van der Waals surface area contributed by atoms with Crippen LogP contribution in [0.2, 0.25) is 5.02 Å². The molecule has 3 atom stereocenters. The summed E-state index contributed by atoms with van der Waals surface area (Å²) in [6, 6.07) is 46.4. The molecule has 0 aromatic heterocycles. The second kappa shape index (κ2) is 30.2. The summed E-state index contributed by atoms with van der Waals surface area (Å²) in [5, 5.41) is 25.6. The third-order valence-electron chi connectivity index (χ3n) is 15.9. The molecule has 3 N–H and O–H groups in total. The lowest BCUT2D eigenvalue weighted by molar-refractivity contribution is -0.139. The van der Waals surface area contributed by atoms with Crippen molar-refractivity contribution in [1.29, 1.82) is 0 Å². The van der Waals surface area contributed by atoms with Gasteiger partial charge in [-0.15, -0.1) is 35.3 Å². The summed E-state index contributed by atoms with van der Waals surface area (Å²) in [5.74, 6) is -5.69. The summed E-state index contributed by atoms with van der Waals surface area (Å²) >= 11 is 10.1. The molecule has 99 heavy (non-hydrogen) atoms. The van der Waals surface area contributed by atoms with Crippen LogP contribution >= 0.6 is 46.9 Å². The van der Waals surface area contributed by atoms with Crippen molar-refractivity contribution in [3.63, 3.8) is 0 Å². The minimum absolute atomic E-state index is 0.0132. The molecule has 0 aliphatic carbocycles. The summed E-state index contributed by atoms with van der Waals surface area (Å²) in [6.45, 7) is -1.00. The lowest BCUT2D eigenvalue weighted by Crippen LogP contribution is -2.42. The Kier molecular flexibility index (Phi) is 22.0. The van der Waals surface area contributed by atoms with Gasteiger partial charge in [0.15, 0.2) is 0 Å². The molecule has 0 fully saturated rings. The standard InChI is InChI=1S/C24H17ClF3NO3S.2C24H17F4NO3S/c25-18-6-3-7-19-21(18)33-20(12-14-8-10-15(11-9-14)23(31)32)22(30)29(19)13-16-4-1-2-5-17(16)24(26,27)28;25-17-9-10-18(24(26,27)28)16(12-17)13-29-19-3-1-2-4-20(19)33-21(22(29)30)11-14-5-7-15(8-6-14)23(31)32;25-17-9-10-19-20(12-17)33-21(11-14-5-7-15(8-6-14)23(31)32)22(30)29(19)13-16-3-1-2-4-18(16)24(26,27)28/h1-11,20H,12-13H2,(H,31,32);2*1-10,12,21H,11,13H2,(H,31,32). The molecule has 9 aromatic carbocycles. The number of halogens is 12. The maximum atomic E-state index is 13.9.